The van der Waals surface area contributed by atoms with E-state index in [1.165, 1.54) is 6.08 Å². The highest BCUT2D eigenvalue weighted by molar-refractivity contribution is 6.31. The summed E-state index contributed by atoms with van der Waals surface area (Å²) in [5.74, 6) is 0.226. The number of nitrogens with two attached hydrogens (primary N) is 1. The number of amides is 1. The molecule has 20 heavy (non-hydrogen) atoms. The van der Waals surface area contributed by atoms with Gasteiger partial charge in [-0.15, -0.1) is 0 Å². The van der Waals surface area contributed by atoms with Crippen molar-refractivity contribution in [3.63, 3.8) is 0 Å². The van der Waals surface area contributed by atoms with Crippen LogP contribution in [0.5, 0.6) is 5.75 Å². The molecule has 2 aromatic rings. The molecule has 0 radical (unpaired) electrons. The van der Waals surface area contributed by atoms with Crippen molar-refractivity contribution in [2.45, 2.75) is 6.61 Å². The summed E-state index contributed by atoms with van der Waals surface area (Å²) >= 11 is 6.06. The second-order valence-electron chi connectivity index (χ2n) is 4.19. The van der Waals surface area contributed by atoms with E-state index < -0.39 is 5.91 Å². The van der Waals surface area contributed by atoms with Gasteiger partial charge in [0, 0.05) is 16.7 Å². The Labute approximate surface area is 122 Å². The highest BCUT2D eigenvalue weighted by Gasteiger charge is 2.00. The first kappa shape index (κ1) is 14.2. The number of hydrogen-bond acceptors (Lipinski definition) is 2. The molecular formula is C16H14ClNO2. The Balaban J connectivity index is 2.05. The van der Waals surface area contributed by atoms with Gasteiger partial charge in [-0.05, 0) is 29.8 Å². The minimum atomic E-state index is -0.479. The molecule has 0 unspecified atom stereocenters. The molecule has 0 bridgehead atoms. The molecule has 0 aliphatic carbocycles. The molecule has 102 valence electrons. The van der Waals surface area contributed by atoms with Crippen molar-refractivity contribution in [2.24, 2.45) is 5.73 Å². The summed E-state index contributed by atoms with van der Waals surface area (Å²) in [4.78, 5) is 10.7. The molecule has 4 heteroatoms. The third-order valence-electron chi connectivity index (χ3n) is 2.65. The fourth-order valence-electron chi connectivity index (χ4n) is 1.66. The van der Waals surface area contributed by atoms with E-state index in [9.17, 15) is 4.79 Å². The van der Waals surface area contributed by atoms with Crippen LogP contribution in [0.4, 0.5) is 0 Å². The molecule has 0 aromatic heterocycles. The van der Waals surface area contributed by atoms with Crippen LogP contribution in [0.3, 0.4) is 0 Å². The standard InChI is InChI=1S/C16H14ClNO2/c17-15-7-2-1-5-13(15)11-20-14-6-3-4-12(10-14)8-9-16(18)19/h1-10H,11H2,(H2,18,19)/b9-8+. The van der Waals surface area contributed by atoms with Crippen LogP contribution >= 0.6 is 11.6 Å². The van der Waals surface area contributed by atoms with Crippen molar-refractivity contribution in [1.82, 2.24) is 0 Å². The van der Waals surface area contributed by atoms with E-state index in [0.717, 1.165) is 11.1 Å². The largest absolute Gasteiger partial charge is 0.489 e. The smallest absolute Gasteiger partial charge is 0.241 e. The van der Waals surface area contributed by atoms with E-state index in [1.807, 2.05) is 48.5 Å². The average molecular weight is 288 g/mol. The van der Waals surface area contributed by atoms with Gasteiger partial charge in [-0.2, -0.15) is 0 Å². The fraction of sp³-hybridized carbons (Fsp3) is 0.0625. The molecule has 0 saturated carbocycles. The summed E-state index contributed by atoms with van der Waals surface area (Å²) in [7, 11) is 0. The Morgan fingerprint density at radius 3 is 2.75 bits per heavy atom. The van der Waals surface area contributed by atoms with Gasteiger partial charge in [0.2, 0.25) is 5.91 Å². The molecule has 0 heterocycles. The maximum Gasteiger partial charge on any atom is 0.241 e. The van der Waals surface area contributed by atoms with Gasteiger partial charge in [0.25, 0.3) is 0 Å². The topological polar surface area (TPSA) is 52.3 Å². The van der Waals surface area contributed by atoms with Gasteiger partial charge >= 0.3 is 0 Å². The van der Waals surface area contributed by atoms with E-state index in [4.69, 9.17) is 22.1 Å². The predicted octanol–water partition coefficient (Wildman–Crippen LogP) is 3.42. The first-order chi connectivity index (χ1) is 9.65. The fourth-order valence-corrected chi connectivity index (χ4v) is 1.85. The number of carbonyl (C=O) groups excluding carboxylic acids is 1. The molecule has 1 amide bonds. The van der Waals surface area contributed by atoms with E-state index >= 15 is 0 Å². The summed E-state index contributed by atoms with van der Waals surface area (Å²) in [6, 6.07) is 14.9. The molecule has 0 fully saturated rings. The van der Waals surface area contributed by atoms with Crippen LogP contribution in [0.15, 0.2) is 54.6 Å². The van der Waals surface area contributed by atoms with Crippen LogP contribution < -0.4 is 10.5 Å². The maximum atomic E-state index is 10.7. The Morgan fingerprint density at radius 2 is 2.00 bits per heavy atom. The lowest BCUT2D eigenvalue weighted by Crippen LogP contribution is -2.05. The maximum absolute atomic E-state index is 10.7. The highest BCUT2D eigenvalue weighted by Crippen LogP contribution is 2.19. The Kier molecular flexibility index (Phi) is 4.80. The molecule has 0 spiro atoms. The van der Waals surface area contributed by atoms with Crippen LogP contribution in [-0.2, 0) is 11.4 Å². The molecular weight excluding hydrogens is 274 g/mol. The number of primary amides is 1. The van der Waals surface area contributed by atoms with Crippen molar-refractivity contribution in [3.8, 4) is 5.75 Å². The van der Waals surface area contributed by atoms with Crippen molar-refractivity contribution in [1.29, 1.82) is 0 Å². The van der Waals surface area contributed by atoms with Crippen LogP contribution in [0.2, 0.25) is 5.02 Å². The number of halogens is 1. The zero-order chi connectivity index (χ0) is 14.4. The number of benzene rings is 2. The second kappa shape index (κ2) is 6.78. The quantitative estimate of drug-likeness (QED) is 0.857. The molecule has 0 saturated heterocycles. The minimum absolute atomic E-state index is 0.392. The van der Waals surface area contributed by atoms with Crippen LogP contribution in [-0.4, -0.2) is 5.91 Å². The third-order valence-corrected chi connectivity index (χ3v) is 3.02. The Bertz CT molecular complexity index is 638. The molecule has 3 nitrogen and oxygen atoms in total. The average Bonchev–Trinajstić information content (AvgIpc) is 2.45. The number of carbonyl (C=O) groups is 1. The monoisotopic (exact) mass is 287 g/mol. The molecule has 0 atom stereocenters. The first-order valence-corrected chi connectivity index (χ1v) is 6.47. The summed E-state index contributed by atoms with van der Waals surface area (Å²) in [5.41, 5.74) is 6.83. The lowest BCUT2D eigenvalue weighted by Gasteiger charge is -2.08. The van der Waals surface area contributed by atoms with Crippen LogP contribution in [0.1, 0.15) is 11.1 Å². The van der Waals surface area contributed by atoms with Gasteiger partial charge in [0.1, 0.15) is 12.4 Å². The minimum Gasteiger partial charge on any atom is -0.489 e. The zero-order valence-electron chi connectivity index (χ0n) is 10.8. The molecule has 2 N–H and O–H groups in total. The van der Waals surface area contributed by atoms with Crippen molar-refractivity contribution >= 4 is 23.6 Å². The number of hydrogen-bond donors (Lipinski definition) is 1. The zero-order valence-corrected chi connectivity index (χ0v) is 11.5. The first-order valence-electron chi connectivity index (χ1n) is 6.09. The van der Waals surface area contributed by atoms with Crippen molar-refractivity contribution in [3.05, 3.63) is 70.8 Å². The lowest BCUT2D eigenvalue weighted by molar-refractivity contribution is -0.113. The van der Waals surface area contributed by atoms with E-state index in [-0.39, 0.29) is 0 Å². The summed E-state index contributed by atoms with van der Waals surface area (Å²) < 4.78 is 5.69. The summed E-state index contributed by atoms with van der Waals surface area (Å²) in [5, 5.41) is 0.678. The lowest BCUT2D eigenvalue weighted by atomic mass is 10.2. The molecule has 0 aliphatic rings. The molecule has 2 aromatic carbocycles. The van der Waals surface area contributed by atoms with Gasteiger partial charge in [0.05, 0.1) is 0 Å². The van der Waals surface area contributed by atoms with Gasteiger partial charge < -0.3 is 10.5 Å². The molecule has 0 aliphatic heterocycles. The van der Waals surface area contributed by atoms with Gasteiger partial charge in [0.15, 0.2) is 0 Å². The van der Waals surface area contributed by atoms with E-state index in [2.05, 4.69) is 0 Å². The molecule has 2 rings (SSSR count). The SMILES string of the molecule is NC(=O)/C=C/c1cccc(OCc2ccccc2Cl)c1. The van der Waals surface area contributed by atoms with Crippen LogP contribution in [0.25, 0.3) is 6.08 Å². The van der Waals surface area contributed by atoms with Gasteiger partial charge in [-0.3, -0.25) is 4.79 Å². The highest BCUT2D eigenvalue weighted by atomic mass is 35.5. The Morgan fingerprint density at radius 1 is 1.20 bits per heavy atom. The van der Waals surface area contributed by atoms with Crippen molar-refractivity contribution < 1.29 is 9.53 Å². The van der Waals surface area contributed by atoms with Crippen molar-refractivity contribution in [2.75, 3.05) is 0 Å². The Hall–Kier alpha value is -2.26. The number of rotatable bonds is 5. The third kappa shape index (κ3) is 4.14. The second-order valence-corrected chi connectivity index (χ2v) is 4.60. The summed E-state index contributed by atoms with van der Waals surface area (Å²) in [6.45, 7) is 0.392. The summed E-state index contributed by atoms with van der Waals surface area (Å²) in [6.07, 6.45) is 2.96. The van der Waals surface area contributed by atoms with Gasteiger partial charge in [-0.1, -0.05) is 41.9 Å². The predicted molar refractivity (Wildman–Crippen MR) is 80.5 cm³/mol. The van der Waals surface area contributed by atoms with Gasteiger partial charge in [-0.25, -0.2) is 0 Å². The number of ether oxygens (including phenoxy) is 1. The van der Waals surface area contributed by atoms with Crippen LogP contribution in [0, 0.1) is 0 Å². The van der Waals surface area contributed by atoms with E-state index in [0.29, 0.717) is 17.4 Å². The van der Waals surface area contributed by atoms with E-state index in [1.54, 1.807) is 6.08 Å². The normalized spacial score (nSPS) is 10.7.